The van der Waals surface area contributed by atoms with E-state index in [-0.39, 0.29) is 6.42 Å². The first-order valence-corrected chi connectivity index (χ1v) is 5.17. The van der Waals surface area contributed by atoms with E-state index in [9.17, 15) is 9.59 Å². The van der Waals surface area contributed by atoms with Crippen molar-refractivity contribution in [2.24, 2.45) is 5.92 Å². The Labute approximate surface area is 97.5 Å². The molecule has 0 radical (unpaired) electrons. The van der Waals surface area contributed by atoms with Gasteiger partial charge in [0.2, 0.25) is 0 Å². The first-order chi connectivity index (χ1) is 7.54. The average molecular weight is 243 g/mol. The highest BCUT2D eigenvalue weighted by Crippen LogP contribution is 2.12. The Morgan fingerprint density at radius 1 is 1.06 bits per heavy atom. The van der Waals surface area contributed by atoms with Gasteiger partial charge in [-0.1, -0.05) is 24.3 Å². The Hall–Kier alpha value is -1.55. The maximum atomic E-state index is 10.7. The van der Waals surface area contributed by atoms with E-state index in [1.54, 1.807) is 24.3 Å². The van der Waals surface area contributed by atoms with Gasteiger partial charge < -0.3 is 10.2 Å². The lowest BCUT2D eigenvalue weighted by atomic mass is 9.99. The zero-order valence-corrected chi connectivity index (χ0v) is 9.15. The number of carboxylic acid groups (broad SMARTS) is 2. The fourth-order valence-electron chi connectivity index (χ4n) is 1.28. The minimum Gasteiger partial charge on any atom is -0.481 e. The SMILES string of the molecule is O=C(O)C(Cc1ccc(CCl)cc1)C(=O)O. The third-order valence-electron chi connectivity index (χ3n) is 2.21. The zero-order chi connectivity index (χ0) is 12.1. The van der Waals surface area contributed by atoms with Crippen LogP contribution >= 0.6 is 11.6 Å². The molecule has 5 heteroatoms. The van der Waals surface area contributed by atoms with Crippen molar-refractivity contribution in [2.75, 3.05) is 0 Å². The third-order valence-corrected chi connectivity index (χ3v) is 2.52. The monoisotopic (exact) mass is 242 g/mol. The van der Waals surface area contributed by atoms with Crippen LogP contribution in [0.15, 0.2) is 24.3 Å². The van der Waals surface area contributed by atoms with E-state index < -0.39 is 17.9 Å². The minimum absolute atomic E-state index is 0.0206. The van der Waals surface area contributed by atoms with Gasteiger partial charge in [-0.15, -0.1) is 11.6 Å². The highest BCUT2D eigenvalue weighted by Gasteiger charge is 2.25. The molecule has 0 amide bonds. The van der Waals surface area contributed by atoms with Gasteiger partial charge in [-0.05, 0) is 17.5 Å². The molecule has 0 aliphatic carbocycles. The maximum Gasteiger partial charge on any atom is 0.318 e. The fourth-order valence-corrected chi connectivity index (χ4v) is 1.46. The van der Waals surface area contributed by atoms with Gasteiger partial charge in [0.25, 0.3) is 0 Å². The first kappa shape index (κ1) is 12.5. The molecule has 0 atom stereocenters. The van der Waals surface area contributed by atoms with Gasteiger partial charge in [0, 0.05) is 5.88 Å². The maximum absolute atomic E-state index is 10.7. The lowest BCUT2D eigenvalue weighted by molar-refractivity contribution is -0.154. The van der Waals surface area contributed by atoms with Gasteiger partial charge >= 0.3 is 11.9 Å². The molecule has 0 spiro atoms. The van der Waals surface area contributed by atoms with E-state index in [2.05, 4.69) is 0 Å². The molecule has 1 rings (SSSR count). The number of carbonyl (C=O) groups is 2. The molecule has 1 aromatic carbocycles. The number of alkyl halides is 1. The second-order valence-electron chi connectivity index (χ2n) is 3.38. The molecule has 0 unspecified atom stereocenters. The quantitative estimate of drug-likeness (QED) is 0.609. The summed E-state index contributed by atoms with van der Waals surface area (Å²) in [4.78, 5) is 21.3. The molecule has 0 fully saturated rings. The van der Waals surface area contributed by atoms with Crippen molar-refractivity contribution in [2.45, 2.75) is 12.3 Å². The van der Waals surface area contributed by atoms with Crippen LogP contribution in [0.25, 0.3) is 0 Å². The molecule has 1 aromatic rings. The Morgan fingerprint density at radius 2 is 1.50 bits per heavy atom. The van der Waals surface area contributed by atoms with Gasteiger partial charge in [0.1, 0.15) is 0 Å². The smallest absolute Gasteiger partial charge is 0.318 e. The van der Waals surface area contributed by atoms with Crippen LogP contribution in [-0.2, 0) is 21.9 Å². The van der Waals surface area contributed by atoms with E-state index in [0.29, 0.717) is 11.4 Å². The van der Waals surface area contributed by atoms with Gasteiger partial charge in [-0.25, -0.2) is 0 Å². The first-order valence-electron chi connectivity index (χ1n) is 4.64. The molecule has 4 nitrogen and oxygen atoms in total. The van der Waals surface area contributed by atoms with E-state index in [1.165, 1.54) is 0 Å². The molecule has 0 heterocycles. The minimum atomic E-state index is -1.40. The summed E-state index contributed by atoms with van der Waals surface area (Å²) in [5, 5.41) is 17.4. The Balaban J connectivity index is 2.77. The normalized spacial score (nSPS) is 10.4. The Bertz CT molecular complexity index is 371. The number of aliphatic carboxylic acids is 2. The zero-order valence-electron chi connectivity index (χ0n) is 8.39. The van der Waals surface area contributed by atoms with Gasteiger partial charge in [0.05, 0.1) is 0 Å². The molecule has 2 N–H and O–H groups in total. The standard InChI is InChI=1S/C11H11ClO4/c12-6-8-3-1-7(2-4-8)5-9(10(13)14)11(15)16/h1-4,9H,5-6H2,(H,13,14)(H,15,16). The second kappa shape index (κ2) is 5.51. The molecule has 86 valence electrons. The van der Waals surface area contributed by atoms with E-state index in [1.807, 2.05) is 0 Å². The van der Waals surface area contributed by atoms with Gasteiger partial charge in [-0.3, -0.25) is 9.59 Å². The predicted octanol–water partition coefficient (Wildman–Crippen LogP) is 1.75. The number of rotatable bonds is 5. The van der Waals surface area contributed by atoms with Crippen LogP contribution in [-0.4, -0.2) is 22.2 Å². The van der Waals surface area contributed by atoms with Crippen LogP contribution in [0.2, 0.25) is 0 Å². The number of benzene rings is 1. The summed E-state index contributed by atoms with van der Waals surface area (Å²) in [5.74, 6) is -3.67. The van der Waals surface area contributed by atoms with Crippen LogP contribution in [0.4, 0.5) is 0 Å². The summed E-state index contributed by atoms with van der Waals surface area (Å²) in [6.45, 7) is 0. The van der Waals surface area contributed by atoms with Crippen LogP contribution in [0.5, 0.6) is 0 Å². The Kier molecular flexibility index (Phi) is 4.31. The fraction of sp³-hybridized carbons (Fsp3) is 0.273. The highest BCUT2D eigenvalue weighted by molar-refractivity contribution is 6.17. The summed E-state index contributed by atoms with van der Waals surface area (Å²) < 4.78 is 0. The van der Waals surface area contributed by atoms with Gasteiger partial charge in [-0.2, -0.15) is 0 Å². The number of hydrogen-bond acceptors (Lipinski definition) is 2. The molecule has 0 aliphatic rings. The van der Waals surface area contributed by atoms with E-state index in [4.69, 9.17) is 21.8 Å². The van der Waals surface area contributed by atoms with Crippen LogP contribution in [0, 0.1) is 5.92 Å². The number of hydrogen-bond donors (Lipinski definition) is 2. The summed E-state index contributed by atoms with van der Waals surface area (Å²) in [5.41, 5.74) is 1.58. The highest BCUT2D eigenvalue weighted by atomic mass is 35.5. The van der Waals surface area contributed by atoms with E-state index in [0.717, 1.165) is 5.56 Å². The number of carboxylic acids is 2. The van der Waals surface area contributed by atoms with Crippen LogP contribution in [0.1, 0.15) is 11.1 Å². The van der Waals surface area contributed by atoms with Gasteiger partial charge in [0.15, 0.2) is 5.92 Å². The van der Waals surface area contributed by atoms with Crippen molar-refractivity contribution < 1.29 is 19.8 Å². The largest absolute Gasteiger partial charge is 0.481 e. The molecule has 0 aliphatic heterocycles. The molecular formula is C11H11ClO4. The molecular weight excluding hydrogens is 232 g/mol. The molecule has 0 bridgehead atoms. The van der Waals surface area contributed by atoms with Crippen molar-refractivity contribution in [3.63, 3.8) is 0 Å². The predicted molar refractivity (Wildman–Crippen MR) is 58.5 cm³/mol. The Morgan fingerprint density at radius 3 is 1.88 bits per heavy atom. The summed E-state index contributed by atoms with van der Waals surface area (Å²) in [7, 11) is 0. The van der Waals surface area contributed by atoms with Crippen molar-refractivity contribution in [1.82, 2.24) is 0 Å². The number of halogens is 1. The van der Waals surface area contributed by atoms with E-state index >= 15 is 0 Å². The van der Waals surface area contributed by atoms with Crippen molar-refractivity contribution in [3.05, 3.63) is 35.4 Å². The summed E-state index contributed by atoms with van der Waals surface area (Å²) in [6.07, 6.45) is -0.0206. The van der Waals surface area contributed by atoms with Crippen LogP contribution in [0.3, 0.4) is 0 Å². The van der Waals surface area contributed by atoms with Crippen molar-refractivity contribution in [1.29, 1.82) is 0 Å². The second-order valence-corrected chi connectivity index (χ2v) is 3.65. The molecule has 0 saturated carbocycles. The topological polar surface area (TPSA) is 74.6 Å². The lowest BCUT2D eigenvalue weighted by Crippen LogP contribution is -2.25. The lowest BCUT2D eigenvalue weighted by Gasteiger charge is -2.07. The molecule has 0 saturated heterocycles. The van der Waals surface area contributed by atoms with Crippen molar-refractivity contribution in [3.8, 4) is 0 Å². The molecule has 0 aromatic heterocycles. The summed E-state index contributed by atoms with van der Waals surface area (Å²) in [6, 6.07) is 6.89. The van der Waals surface area contributed by atoms with Crippen molar-refractivity contribution >= 4 is 23.5 Å². The third kappa shape index (κ3) is 3.24. The van der Waals surface area contributed by atoms with Crippen LogP contribution < -0.4 is 0 Å². The molecule has 16 heavy (non-hydrogen) atoms. The average Bonchev–Trinajstić information content (AvgIpc) is 2.25. The summed E-state index contributed by atoms with van der Waals surface area (Å²) >= 11 is 5.60.